The van der Waals surface area contributed by atoms with Gasteiger partial charge >= 0.3 is 7.60 Å². The summed E-state index contributed by atoms with van der Waals surface area (Å²) < 4.78 is 22.9. The summed E-state index contributed by atoms with van der Waals surface area (Å²) in [5, 5.41) is 21.0. The Labute approximate surface area is 195 Å². The summed E-state index contributed by atoms with van der Waals surface area (Å²) >= 11 is 0. The van der Waals surface area contributed by atoms with Gasteiger partial charge in [0.25, 0.3) is 0 Å². The highest BCUT2D eigenvalue weighted by molar-refractivity contribution is 7.51. The molecule has 4 heterocycles. The summed E-state index contributed by atoms with van der Waals surface area (Å²) in [6.07, 6.45) is 0.334. The Hall–Kier alpha value is -2.44. The zero-order valence-electron chi connectivity index (χ0n) is 18.4. The fourth-order valence-electron chi connectivity index (χ4n) is 4.57. The number of ether oxygens (including phenoxy) is 1. The van der Waals surface area contributed by atoms with E-state index in [2.05, 4.69) is 36.7 Å². The summed E-state index contributed by atoms with van der Waals surface area (Å²) in [7, 11) is -3.86. The molecule has 0 amide bonds. The number of anilines is 1. The van der Waals surface area contributed by atoms with Gasteiger partial charge in [0.1, 0.15) is 31.2 Å². The number of nitrogens with zero attached hydrogens (tertiary/aromatic N) is 5. The largest absolute Gasteiger partial charge is 0.387 e. The van der Waals surface area contributed by atoms with Crippen LogP contribution in [0.1, 0.15) is 30.7 Å². The highest BCUT2D eigenvalue weighted by Crippen LogP contribution is 2.40. The number of fused-ring (bicyclic) bond motifs is 1. The van der Waals surface area contributed by atoms with Crippen molar-refractivity contribution in [2.45, 2.75) is 43.4 Å². The van der Waals surface area contributed by atoms with Crippen LogP contribution in [0.25, 0.3) is 11.2 Å². The van der Waals surface area contributed by atoms with Crippen molar-refractivity contribution in [3.8, 4) is 0 Å². The summed E-state index contributed by atoms with van der Waals surface area (Å²) in [5.74, 6) is 0.693. The molecule has 34 heavy (non-hydrogen) atoms. The van der Waals surface area contributed by atoms with Gasteiger partial charge in [0.05, 0.1) is 12.4 Å². The number of hydrogen-bond acceptors (Lipinski definition) is 10. The Morgan fingerprint density at radius 3 is 2.74 bits per heavy atom. The Morgan fingerprint density at radius 2 is 1.97 bits per heavy atom. The summed E-state index contributed by atoms with van der Waals surface area (Å²) in [4.78, 5) is 29.5. The minimum Gasteiger partial charge on any atom is -0.387 e. The van der Waals surface area contributed by atoms with Crippen molar-refractivity contribution in [3.63, 3.8) is 0 Å². The zero-order chi connectivity index (χ0) is 23.9. The van der Waals surface area contributed by atoms with Crippen molar-refractivity contribution in [2.24, 2.45) is 0 Å². The molecule has 12 nitrogen and oxygen atoms in total. The fraction of sp³-hybridized carbons (Fsp3) is 0.476. The summed E-state index contributed by atoms with van der Waals surface area (Å²) in [5.41, 5.74) is 2.21. The first-order chi connectivity index (χ1) is 16.3. The molecule has 0 saturated carbocycles. The van der Waals surface area contributed by atoms with Crippen molar-refractivity contribution < 1.29 is 34.0 Å². The molecule has 1 aromatic carbocycles. The van der Waals surface area contributed by atoms with Crippen molar-refractivity contribution in [3.05, 3.63) is 48.5 Å². The van der Waals surface area contributed by atoms with E-state index in [0.29, 0.717) is 17.0 Å². The molecule has 3 N–H and O–H groups in total. The summed E-state index contributed by atoms with van der Waals surface area (Å²) in [6.45, 7) is 1.44. The predicted octanol–water partition coefficient (Wildman–Crippen LogP) is 1.55. The van der Waals surface area contributed by atoms with Crippen LogP contribution < -0.4 is 4.90 Å². The van der Waals surface area contributed by atoms with Crippen LogP contribution in [0.4, 0.5) is 5.82 Å². The van der Waals surface area contributed by atoms with Gasteiger partial charge < -0.3 is 24.7 Å². The lowest BCUT2D eigenvalue weighted by Gasteiger charge is -2.26. The first-order valence-electron chi connectivity index (χ1n) is 11.0. The molecule has 2 aliphatic heterocycles. The van der Waals surface area contributed by atoms with Gasteiger partial charge in [0.2, 0.25) is 0 Å². The molecule has 2 saturated heterocycles. The van der Waals surface area contributed by atoms with Crippen molar-refractivity contribution in [2.75, 3.05) is 24.7 Å². The minimum absolute atomic E-state index is 0.169. The van der Waals surface area contributed by atoms with Gasteiger partial charge in [-0.25, -0.2) is 19.8 Å². The molecule has 13 heteroatoms. The fourth-order valence-corrected chi connectivity index (χ4v) is 4.83. The quantitative estimate of drug-likeness (QED) is 0.251. The Bertz CT molecular complexity index is 1190. The molecule has 5 rings (SSSR count). The average molecular weight is 491 g/mol. The van der Waals surface area contributed by atoms with Crippen LogP contribution in [-0.2, 0) is 18.9 Å². The standard InChI is InChI=1S/C21H26N5O7P/c1-34(29,30)33-31-10-15-17(27)18(28)21(32-15)26-12-24-16-19(22-11-23-20(16)26)25-9-5-8-14(25)13-6-3-2-4-7-13/h2-4,6-7,11-12,14-15,17-18,21,27-28H,5,8-10H2,1H3,(H,29,30)/t14?,15-,17-,18-,21-/m1/s1. The van der Waals surface area contributed by atoms with Crippen LogP contribution in [0.15, 0.2) is 43.0 Å². The van der Waals surface area contributed by atoms with Gasteiger partial charge in [-0.2, -0.15) is 0 Å². The van der Waals surface area contributed by atoms with Crippen LogP contribution in [-0.4, -0.2) is 72.8 Å². The lowest BCUT2D eigenvalue weighted by Crippen LogP contribution is -2.33. The Morgan fingerprint density at radius 1 is 1.18 bits per heavy atom. The lowest BCUT2D eigenvalue weighted by atomic mass is 10.0. The average Bonchev–Trinajstić information content (AvgIpc) is 3.53. The maximum absolute atomic E-state index is 11.2. The third-order valence-corrected chi connectivity index (χ3v) is 6.47. The van der Waals surface area contributed by atoms with Crippen molar-refractivity contribution >= 4 is 24.6 Å². The molecule has 182 valence electrons. The van der Waals surface area contributed by atoms with E-state index >= 15 is 0 Å². The molecule has 0 bridgehead atoms. The second kappa shape index (κ2) is 9.31. The van der Waals surface area contributed by atoms with E-state index in [1.807, 2.05) is 18.2 Å². The van der Waals surface area contributed by atoms with E-state index in [-0.39, 0.29) is 12.6 Å². The minimum atomic E-state index is -3.86. The summed E-state index contributed by atoms with van der Waals surface area (Å²) in [6, 6.07) is 10.4. The van der Waals surface area contributed by atoms with E-state index in [1.165, 1.54) is 18.2 Å². The Kier molecular flexibility index (Phi) is 6.38. The maximum atomic E-state index is 11.2. The molecule has 2 fully saturated rings. The number of aliphatic hydroxyl groups is 2. The van der Waals surface area contributed by atoms with E-state index < -0.39 is 32.1 Å². The number of hydrogen-bond donors (Lipinski definition) is 3. The number of aliphatic hydroxyl groups excluding tert-OH is 2. The molecule has 0 aliphatic carbocycles. The smallest absolute Gasteiger partial charge is 0.352 e. The number of imidazole rings is 1. The molecule has 0 spiro atoms. The molecule has 6 atom stereocenters. The maximum Gasteiger partial charge on any atom is 0.352 e. The third kappa shape index (κ3) is 4.46. The van der Waals surface area contributed by atoms with Crippen molar-refractivity contribution in [1.29, 1.82) is 0 Å². The first-order valence-corrected chi connectivity index (χ1v) is 13.0. The molecular formula is C21H26N5O7P. The highest BCUT2D eigenvalue weighted by atomic mass is 31.2. The van der Waals surface area contributed by atoms with Crippen LogP contribution in [0.5, 0.6) is 0 Å². The second-order valence-electron chi connectivity index (χ2n) is 8.49. The lowest BCUT2D eigenvalue weighted by molar-refractivity contribution is -0.238. The molecule has 3 aromatic rings. The number of aromatic nitrogens is 4. The second-order valence-corrected chi connectivity index (χ2v) is 10.2. The van der Waals surface area contributed by atoms with Gasteiger partial charge in [0.15, 0.2) is 23.2 Å². The topological polar surface area (TPSA) is 152 Å². The molecule has 2 aliphatic rings. The van der Waals surface area contributed by atoms with Gasteiger partial charge in [-0.15, -0.1) is 4.67 Å². The van der Waals surface area contributed by atoms with Crippen LogP contribution in [0.3, 0.4) is 0 Å². The highest BCUT2D eigenvalue weighted by Gasteiger charge is 2.45. The predicted molar refractivity (Wildman–Crippen MR) is 120 cm³/mol. The molecule has 0 radical (unpaired) electrons. The van der Waals surface area contributed by atoms with Crippen LogP contribution in [0, 0.1) is 0 Å². The molecule has 2 aromatic heterocycles. The molecule has 2 unspecified atom stereocenters. The third-order valence-electron chi connectivity index (χ3n) is 6.08. The van der Waals surface area contributed by atoms with Gasteiger partial charge in [-0.05, 0) is 18.4 Å². The van der Waals surface area contributed by atoms with E-state index in [1.54, 1.807) is 4.57 Å². The van der Waals surface area contributed by atoms with Gasteiger partial charge in [-0.1, -0.05) is 30.3 Å². The molecular weight excluding hydrogens is 465 g/mol. The normalized spacial score (nSPS) is 29.1. The van der Waals surface area contributed by atoms with Crippen LogP contribution in [0.2, 0.25) is 0 Å². The van der Waals surface area contributed by atoms with Crippen LogP contribution >= 0.6 is 7.60 Å². The van der Waals surface area contributed by atoms with Gasteiger partial charge in [0, 0.05) is 13.2 Å². The van der Waals surface area contributed by atoms with E-state index in [0.717, 1.165) is 26.1 Å². The monoisotopic (exact) mass is 491 g/mol. The van der Waals surface area contributed by atoms with Crippen molar-refractivity contribution in [1.82, 2.24) is 19.5 Å². The first kappa shape index (κ1) is 23.3. The number of rotatable bonds is 7. The van der Waals surface area contributed by atoms with E-state index in [4.69, 9.17) is 14.5 Å². The zero-order valence-corrected chi connectivity index (χ0v) is 19.3. The van der Waals surface area contributed by atoms with Gasteiger partial charge in [-0.3, -0.25) is 9.13 Å². The number of benzene rings is 1. The van der Waals surface area contributed by atoms with E-state index in [9.17, 15) is 14.8 Å². The Balaban J connectivity index is 1.40. The SMILES string of the molecule is CP(=O)(O)OOC[C@H]1O[C@@H](n2cnc3c(N4CCCC4c4ccccc4)ncnc32)[C@H](O)[C@@H]1O.